The van der Waals surface area contributed by atoms with Crippen molar-refractivity contribution >= 4 is 26.6 Å². The smallest absolute Gasteiger partial charge is 0.243 e. The van der Waals surface area contributed by atoms with Crippen molar-refractivity contribution in [3.05, 3.63) is 66.4 Å². The molecule has 0 unspecified atom stereocenters. The first-order chi connectivity index (χ1) is 12.6. The van der Waals surface area contributed by atoms with Crippen LogP contribution in [0.3, 0.4) is 0 Å². The van der Waals surface area contributed by atoms with E-state index in [2.05, 4.69) is 16.0 Å². The Morgan fingerprint density at radius 1 is 0.885 bits per heavy atom. The van der Waals surface area contributed by atoms with Crippen molar-refractivity contribution in [2.75, 3.05) is 31.1 Å². The minimum atomic E-state index is -3.45. The van der Waals surface area contributed by atoms with Crippen LogP contribution in [0, 0.1) is 6.92 Å². The molecular weight excluding hydrogens is 346 g/mol. The maximum atomic E-state index is 13.0. The Hall–Kier alpha value is -2.44. The van der Waals surface area contributed by atoms with Gasteiger partial charge in [0, 0.05) is 37.8 Å². The van der Waals surface area contributed by atoms with Crippen molar-refractivity contribution in [1.82, 2.24) is 9.29 Å². The van der Waals surface area contributed by atoms with Crippen LogP contribution in [0.15, 0.2) is 65.7 Å². The number of hydrogen-bond acceptors (Lipinski definition) is 4. The van der Waals surface area contributed by atoms with Crippen molar-refractivity contribution < 1.29 is 8.42 Å². The van der Waals surface area contributed by atoms with Gasteiger partial charge in [0.2, 0.25) is 10.0 Å². The van der Waals surface area contributed by atoms with Gasteiger partial charge in [0.05, 0.1) is 16.1 Å². The lowest BCUT2D eigenvalue weighted by Crippen LogP contribution is -2.48. The minimum absolute atomic E-state index is 0.403. The van der Waals surface area contributed by atoms with E-state index in [0.717, 1.165) is 22.2 Å². The number of para-hydroxylation sites is 1. The number of rotatable bonds is 3. The Balaban J connectivity index is 1.57. The molecule has 0 bridgehead atoms. The fourth-order valence-electron chi connectivity index (χ4n) is 3.50. The molecule has 134 valence electrons. The topological polar surface area (TPSA) is 53.5 Å². The summed E-state index contributed by atoms with van der Waals surface area (Å²) in [6.45, 7) is 4.09. The van der Waals surface area contributed by atoms with E-state index >= 15 is 0 Å². The number of hydrogen-bond donors (Lipinski definition) is 0. The van der Waals surface area contributed by atoms with Gasteiger partial charge in [-0.1, -0.05) is 36.4 Å². The van der Waals surface area contributed by atoms with Crippen molar-refractivity contribution in [2.45, 2.75) is 11.8 Å². The van der Waals surface area contributed by atoms with Gasteiger partial charge in [0.25, 0.3) is 0 Å². The molecular formula is C20H21N3O2S. The Bertz CT molecular complexity index is 1040. The van der Waals surface area contributed by atoms with Gasteiger partial charge in [-0.2, -0.15) is 4.31 Å². The van der Waals surface area contributed by atoms with Crippen LogP contribution >= 0.6 is 0 Å². The van der Waals surface area contributed by atoms with Crippen LogP contribution in [0.2, 0.25) is 0 Å². The average Bonchev–Trinajstić information content (AvgIpc) is 2.68. The second kappa shape index (κ2) is 6.70. The molecule has 2 aromatic carbocycles. The number of aromatic nitrogens is 1. The molecule has 1 aliphatic rings. The zero-order valence-electron chi connectivity index (χ0n) is 14.7. The van der Waals surface area contributed by atoms with Crippen LogP contribution in [-0.4, -0.2) is 43.9 Å². The lowest BCUT2D eigenvalue weighted by atomic mass is 10.1. The number of sulfonamides is 1. The second-order valence-electron chi connectivity index (χ2n) is 6.51. The second-order valence-corrected chi connectivity index (χ2v) is 8.42. The third kappa shape index (κ3) is 2.95. The average molecular weight is 367 g/mol. The molecule has 0 saturated carbocycles. The van der Waals surface area contributed by atoms with Gasteiger partial charge in [-0.3, -0.25) is 4.98 Å². The van der Waals surface area contributed by atoms with Crippen molar-refractivity contribution in [1.29, 1.82) is 0 Å². The minimum Gasteiger partial charge on any atom is -0.367 e. The highest BCUT2D eigenvalue weighted by Gasteiger charge is 2.29. The zero-order chi connectivity index (χ0) is 18.1. The Labute approximate surface area is 153 Å². The number of anilines is 1. The number of benzene rings is 2. The number of aryl methyl sites for hydroxylation is 1. The number of piperazine rings is 1. The molecule has 1 aliphatic heterocycles. The maximum absolute atomic E-state index is 13.0. The largest absolute Gasteiger partial charge is 0.367 e. The van der Waals surface area contributed by atoms with Gasteiger partial charge in [0.1, 0.15) is 0 Å². The summed E-state index contributed by atoms with van der Waals surface area (Å²) in [4.78, 5) is 7.13. The van der Waals surface area contributed by atoms with E-state index in [4.69, 9.17) is 0 Å². The fourth-order valence-corrected chi connectivity index (χ4v) is 5.15. The number of nitrogens with zero attached hydrogens (tertiary/aromatic N) is 3. The monoisotopic (exact) mass is 367 g/mol. The van der Waals surface area contributed by atoms with Crippen LogP contribution in [0.5, 0.6) is 0 Å². The summed E-state index contributed by atoms with van der Waals surface area (Å²) in [6.07, 6.45) is 1.80. The van der Waals surface area contributed by atoms with Crippen molar-refractivity contribution in [3.8, 4) is 0 Å². The van der Waals surface area contributed by atoms with E-state index in [0.29, 0.717) is 31.1 Å². The summed E-state index contributed by atoms with van der Waals surface area (Å²) in [7, 11) is -3.45. The SMILES string of the molecule is Cc1ccccc1S(=O)(=O)N1CCN(c2cccc3cccnc23)CC1. The lowest BCUT2D eigenvalue weighted by molar-refractivity contribution is 0.385. The molecule has 1 fully saturated rings. The first-order valence-electron chi connectivity index (χ1n) is 8.72. The Morgan fingerprint density at radius 3 is 2.38 bits per heavy atom. The van der Waals surface area contributed by atoms with Crippen LogP contribution in [0.4, 0.5) is 5.69 Å². The predicted molar refractivity (Wildman–Crippen MR) is 104 cm³/mol. The molecule has 6 heteroatoms. The standard InChI is InChI=1S/C20H21N3O2S/c1-16-6-2-3-10-19(16)26(24,25)23-14-12-22(13-15-23)18-9-4-7-17-8-5-11-21-20(17)18/h2-11H,12-15H2,1H3. The fraction of sp³-hybridized carbons (Fsp3) is 0.250. The molecule has 0 N–H and O–H groups in total. The molecule has 1 saturated heterocycles. The van der Waals surface area contributed by atoms with E-state index in [1.165, 1.54) is 0 Å². The van der Waals surface area contributed by atoms with E-state index in [1.807, 2.05) is 43.3 Å². The first-order valence-corrected chi connectivity index (χ1v) is 10.2. The van der Waals surface area contributed by atoms with Crippen LogP contribution < -0.4 is 4.90 Å². The summed E-state index contributed by atoms with van der Waals surface area (Å²) in [5, 5.41) is 1.10. The van der Waals surface area contributed by atoms with Crippen molar-refractivity contribution in [3.63, 3.8) is 0 Å². The van der Waals surface area contributed by atoms with Gasteiger partial charge in [-0.05, 0) is 30.7 Å². The van der Waals surface area contributed by atoms with Crippen molar-refractivity contribution in [2.24, 2.45) is 0 Å². The summed E-state index contributed by atoms with van der Waals surface area (Å²) in [6, 6.07) is 17.3. The van der Waals surface area contributed by atoms with E-state index in [9.17, 15) is 8.42 Å². The third-order valence-electron chi connectivity index (χ3n) is 4.90. The van der Waals surface area contributed by atoms with Gasteiger partial charge in [0.15, 0.2) is 0 Å². The molecule has 0 spiro atoms. The summed E-state index contributed by atoms with van der Waals surface area (Å²) < 4.78 is 27.5. The van der Waals surface area contributed by atoms with E-state index < -0.39 is 10.0 Å². The highest BCUT2D eigenvalue weighted by atomic mass is 32.2. The molecule has 0 atom stereocenters. The molecule has 0 aliphatic carbocycles. The van der Waals surface area contributed by atoms with Crippen LogP contribution in [-0.2, 0) is 10.0 Å². The molecule has 0 radical (unpaired) electrons. The third-order valence-corrected chi connectivity index (χ3v) is 6.96. The van der Waals surface area contributed by atoms with Gasteiger partial charge in [-0.15, -0.1) is 0 Å². The first kappa shape index (κ1) is 17.0. The maximum Gasteiger partial charge on any atom is 0.243 e. The Morgan fingerprint density at radius 2 is 1.62 bits per heavy atom. The predicted octanol–water partition coefficient (Wildman–Crippen LogP) is 3.05. The lowest BCUT2D eigenvalue weighted by Gasteiger charge is -2.35. The zero-order valence-corrected chi connectivity index (χ0v) is 15.5. The number of pyridine rings is 1. The normalized spacial score (nSPS) is 16.1. The molecule has 3 aromatic rings. The molecule has 2 heterocycles. The van der Waals surface area contributed by atoms with E-state index in [1.54, 1.807) is 22.6 Å². The van der Waals surface area contributed by atoms with Crippen LogP contribution in [0.1, 0.15) is 5.56 Å². The summed E-state index contributed by atoms with van der Waals surface area (Å²) in [5.74, 6) is 0. The summed E-state index contributed by atoms with van der Waals surface area (Å²) >= 11 is 0. The van der Waals surface area contributed by atoms with Gasteiger partial charge >= 0.3 is 0 Å². The van der Waals surface area contributed by atoms with Crippen LogP contribution in [0.25, 0.3) is 10.9 Å². The molecule has 26 heavy (non-hydrogen) atoms. The molecule has 1 aromatic heterocycles. The van der Waals surface area contributed by atoms with Gasteiger partial charge < -0.3 is 4.90 Å². The quantitative estimate of drug-likeness (QED) is 0.714. The van der Waals surface area contributed by atoms with Gasteiger partial charge in [-0.25, -0.2) is 8.42 Å². The summed E-state index contributed by atoms with van der Waals surface area (Å²) in [5.41, 5.74) is 2.81. The highest BCUT2D eigenvalue weighted by molar-refractivity contribution is 7.89. The van der Waals surface area contributed by atoms with E-state index in [-0.39, 0.29) is 0 Å². The molecule has 4 rings (SSSR count). The molecule has 0 amide bonds. The number of fused-ring (bicyclic) bond motifs is 1. The Kier molecular flexibility index (Phi) is 4.38. The highest BCUT2D eigenvalue weighted by Crippen LogP contribution is 2.27. The molecule has 5 nitrogen and oxygen atoms in total.